The Kier molecular flexibility index (Phi) is 8.67. The lowest BCUT2D eigenvalue weighted by Gasteiger charge is -2.32. The van der Waals surface area contributed by atoms with Crippen LogP contribution >= 0.6 is 0 Å². The average molecular weight is 791 g/mol. The van der Waals surface area contributed by atoms with Crippen LogP contribution in [0, 0.1) is 0 Å². The maximum Gasteiger partial charge on any atom is 0.0629 e. The number of anilines is 5. The molecule has 0 radical (unpaired) electrons. The average Bonchev–Trinajstić information content (AvgIpc) is 3.68. The van der Waals surface area contributed by atoms with Crippen molar-refractivity contribution in [3.63, 3.8) is 0 Å². The minimum absolute atomic E-state index is 0.206. The van der Waals surface area contributed by atoms with Gasteiger partial charge in [-0.2, -0.15) is 0 Å². The molecule has 2 nitrogen and oxygen atoms in total. The maximum absolute atomic E-state index is 2.55. The molecule has 12 rings (SSSR count). The Hall–Kier alpha value is -7.94. The first-order valence-electron chi connectivity index (χ1n) is 21.6. The largest absolute Gasteiger partial charge is 0.333 e. The number of benzene rings is 10. The Labute approximate surface area is 362 Å². The van der Waals surface area contributed by atoms with Crippen molar-refractivity contribution in [2.45, 2.75) is 12.0 Å². The van der Waals surface area contributed by atoms with Gasteiger partial charge in [0.15, 0.2) is 0 Å². The lowest BCUT2D eigenvalue weighted by Crippen LogP contribution is -2.28. The van der Waals surface area contributed by atoms with Gasteiger partial charge >= 0.3 is 0 Å². The summed E-state index contributed by atoms with van der Waals surface area (Å²) in [5, 5.41) is 7.37. The van der Waals surface area contributed by atoms with Crippen molar-refractivity contribution < 1.29 is 0 Å². The second-order valence-corrected chi connectivity index (χ2v) is 16.4. The van der Waals surface area contributed by atoms with E-state index in [1.165, 1.54) is 71.5 Å². The summed E-state index contributed by atoms with van der Waals surface area (Å²) in [6, 6.07) is 80.5. The number of allylic oxidation sites excluding steroid dienone is 2. The van der Waals surface area contributed by atoms with E-state index in [2.05, 4.69) is 252 Å². The molecule has 0 aromatic heterocycles. The standard InChI is InChI=1S/C60H42N2/c1-2-18-42(19-3-1)55-39-45(50-27-10-13-33-56(50)62-57-34-14-11-30-53(57)54-31-12-15-35-58(54)62)36-37-59(55)61(60-40-44-21-5-7-26-49(44)51-28-8-9-29-52(51)60)46-24-16-23-43(38-46)48-32-17-22-41-20-4-6-25-47(41)48/h1-40,53,57H. The maximum atomic E-state index is 2.55. The summed E-state index contributed by atoms with van der Waals surface area (Å²) < 4.78 is 0. The molecule has 1 aliphatic carbocycles. The number of nitrogens with zero attached hydrogens (tertiary/aromatic N) is 2. The van der Waals surface area contributed by atoms with Gasteiger partial charge in [0, 0.05) is 39.5 Å². The Morgan fingerprint density at radius 1 is 0.355 bits per heavy atom. The number of fused-ring (bicyclic) bond motifs is 7. The monoisotopic (exact) mass is 790 g/mol. The Morgan fingerprint density at radius 3 is 1.87 bits per heavy atom. The van der Waals surface area contributed by atoms with Crippen molar-refractivity contribution in [3.05, 3.63) is 248 Å². The fourth-order valence-electron chi connectivity index (χ4n) is 10.2. The fraction of sp³-hybridized carbons (Fsp3) is 0.0333. The van der Waals surface area contributed by atoms with E-state index in [0.717, 1.165) is 28.2 Å². The van der Waals surface area contributed by atoms with E-state index >= 15 is 0 Å². The molecule has 2 heteroatoms. The van der Waals surface area contributed by atoms with E-state index in [9.17, 15) is 0 Å². The Balaban J connectivity index is 1.10. The first-order chi connectivity index (χ1) is 30.8. The topological polar surface area (TPSA) is 6.48 Å². The summed E-state index contributed by atoms with van der Waals surface area (Å²) in [6.45, 7) is 0. The highest BCUT2D eigenvalue weighted by molar-refractivity contribution is 6.15. The normalized spacial score (nSPS) is 15.3. The molecule has 10 aromatic carbocycles. The second kappa shape index (κ2) is 15.0. The zero-order chi connectivity index (χ0) is 41.0. The number of para-hydroxylation sites is 2. The lowest BCUT2D eigenvalue weighted by molar-refractivity contribution is 0.745. The minimum atomic E-state index is 0.206. The van der Waals surface area contributed by atoms with Crippen LogP contribution in [0.1, 0.15) is 11.5 Å². The van der Waals surface area contributed by atoms with Gasteiger partial charge in [-0.25, -0.2) is 0 Å². The van der Waals surface area contributed by atoms with Crippen molar-refractivity contribution in [2.75, 3.05) is 9.80 Å². The van der Waals surface area contributed by atoms with Crippen LogP contribution < -0.4 is 9.80 Å². The van der Waals surface area contributed by atoms with Crippen molar-refractivity contribution in [1.82, 2.24) is 0 Å². The molecule has 0 fully saturated rings. The van der Waals surface area contributed by atoms with Crippen LogP contribution in [0.2, 0.25) is 0 Å². The van der Waals surface area contributed by atoms with Gasteiger partial charge in [0.2, 0.25) is 0 Å². The first-order valence-corrected chi connectivity index (χ1v) is 21.6. The third kappa shape index (κ3) is 5.95. The summed E-state index contributed by atoms with van der Waals surface area (Å²) in [6.07, 6.45) is 9.11. The highest BCUT2D eigenvalue weighted by Gasteiger charge is 2.38. The summed E-state index contributed by atoms with van der Waals surface area (Å²) in [5.41, 5.74) is 14.3. The number of hydrogen-bond acceptors (Lipinski definition) is 2. The van der Waals surface area contributed by atoms with E-state index in [1.807, 2.05) is 0 Å². The van der Waals surface area contributed by atoms with Gasteiger partial charge in [-0.05, 0) is 97.2 Å². The molecule has 0 saturated carbocycles. The predicted octanol–water partition coefficient (Wildman–Crippen LogP) is 16.3. The SMILES string of the molecule is C1=CC2c3ccccc3N(c3ccccc3-c3ccc(N(c4cccc(-c5cccc6ccccc56)c4)c4cc5ccccc5c5ccccc45)c(-c4ccccc4)c3)C2C=C1. The summed E-state index contributed by atoms with van der Waals surface area (Å²) in [5.74, 6) is 0.307. The quantitative estimate of drug-likeness (QED) is 0.148. The molecular formula is C60H42N2. The van der Waals surface area contributed by atoms with Crippen molar-refractivity contribution in [1.29, 1.82) is 0 Å². The van der Waals surface area contributed by atoms with Crippen LogP contribution in [0.3, 0.4) is 0 Å². The molecule has 1 aliphatic heterocycles. The van der Waals surface area contributed by atoms with Crippen LogP contribution in [0.15, 0.2) is 243 Å². The second-order valence-electron chi connectivity index (χ2n) is 16.4. The van der Waals surface area contributed by atoms with Gasteiger partial charge < -0.3 is 9.80 Å². The van der Waals surface area contributed by atoms with E-state index in [-0.39, 0.29) is 6.04 Å². The Bertz CT molecular complexity index is 3390. The molecule has 1 heterocycles. The third-order valence-corrected chi connectivity index (χ3v) is 12.9. The van der Waals surface area contributed by atoms with E-state index in [4.69, 9.17) is 0 Å². The van der Waals surface area contributed by atoms with Gasteiger partial charge in [0.1, 0.15) is 0 Å². The molecule has 2 unspecified atom stereocenters. The Morgan fingerprint density at radius 2 is 0.984 bits per heavy atom. The molecule has 10 aromatic rings. The van der Waals surface area contributed by atoms with Gasteiger partial charge in [-0.15, -0.1) is 0 Å². The predicted molar refractivity (Wildman–Crippen MR) is 263 cm³/mol. The highest BCUT2D eigenvalue weighted by Crippen LogP contribution is 2.52. The molecule has 0 saturated heterocycles. The van der Waals surface area contributed by atoms with E-state index < -0.39 is 0 Å². The van der Waals surface area contributed by atoms with Crippen LogP contribution in [0.5, 0.6) is 0 Å². The molecule has 0 spiro atoms. The van der Waals surface area contributed by atoms with Crippen LogP contribution in [-0.2, 0) is 0 Å². The molecule has 2 atom stereocenters. The van der Waals surface area contributed by atoms with Crippen molar-refractivity contribution in [3.8, 4) is 33.4 Å². The van der Waals surface area contributed by atoms with E-state index in [0.29, 0.717) is 5.92 Å². The molecule has 292 valence electrons. The van der Waals surface area contributed by atoms with Crippen LogP contribution in [-0.4, -0.2) is 6.04 Å². The molecule has 0 bridgehead atoms. The van der Waals surface area contributed by atoms with Crippen LogP contribution in [0.25, 0.3) is 65.7 Å². The minimum Gasteiger partial charge on any atom is -0.333 e. The van der Waals surface area contributed by atoms with Crippen molar-refractivity contribution >= 4 is 60.8 Å². The molecule has 0 N–H and O–H groups in total. The number of rotatable bonds is 7. The molecule has 2 aliphatic rings. The van der Waals surface area contributed by atoms with Gasteiger partial charge in [0.25, 0.3) is 0 Å². The fourth-order valence-corrected chi connectivity index (χ4v) is 10.2. The van der Waals surface area contributed by atoms with Gasteiger partial charge in [-0.1, -0.05) is 200 Å². The van der Waals surface area contributed by atoms with Crippen molar-refractivity contribution in [2.24, 2.45) is 0 Å². The summed E-state index contributed by atoms with van der Waals surface area (Å²) in [4.78, 5) is 5.06. The summed E-state index contributed by atoms with van der Waals surface area (Å²) in [7, 11) is 0. The van der Waals surface area contributed by atoms with Gasteiger partial charge in [0.05, 0.1) is 17.4 Å². The molecule has 62 heavy (non-hydrogen) atoms. The summed E-state index contributed by atoms with van der Waals surface area (Å²) >= 11 is 0. The first kappa shape index (κ1) is 36.0. The molecular weight excluding hydrogens is 749 g/mol. The lowest BCUT2D eigenvalue weighted by atomic mass is 9.91. The molecule has 0 amide bonds. The zero-order valence-electron chi connectivity index (χ0n) is 34.1. The zero-order valence-corrected chi connectivity index (χ0v) is 34.1. The van der Waals surface area contributed by atoms with E-state index in [1.54, 1.807) is 0 Å². The smallest absolute Gasteiger partial charge is 0.0629 e. The van der Waals surface area contributed by atoms with Crippen LogP contribution in [0.4, 0.5) is 28.4 Å². The third-order valence-electron chi connectivity index (χ3n) is 12.9. The number of hydrogen-bond donors (Lipinski definition) is 0. The van der Waals surface area contributed by atoms with Gasteiger partial charge in [-0.3, -0.25) is 0 Å². The highest BCUT2D eigenvalue weighted by atomic mass is 15.2.